The predicted molar refractivity (Wildman–Crippen MR) is 98.2 cm³/mol. The van der Waals surface area contributed by atoms with Gasteiger partial charge >= 0.3 is 0 Å². The van der Waals surface area contributed by atoms with Crippen LogP contribution in [0.3, 0.4) is 0 Å². The summed E-state index contributed by atoms with van der Waals surface area (Å²) in [4.78, 5) is 38.1. The zero-order valence-electron chi connectivity index (χ0n) is 15.1. The molecule has 2 aliphatic heterocycles. The normalized spacial score (nSPS) is 25.2. The molecule has 0 bridgehead atoms. The van der Waals surface area contributed by atoms with Crippen LogP contribution in [0.5, 0.6) is 0 Å². The fraction of sp³-hybridized carbons (Fsp3) is 0.476. The van der Waals surface area contributed by atoms with E-state index in [0.29, 0.717) is 23.6 Å². The van der Waals surface area contributed by atoms with Crippen LogP contribution in [0.25, 0.3) is 5.70 Å². The van der Waals surface area contributed by atoms with Gasteiger partial charge in [0.2, 0.25) is 11.8 Å². The number of hydrogen-bond acceptors (Lipinski definition) is 3. The van der Waals surface area contributed by atoms with E-state index in [-0.39, 0.29) is 18.2 Å². The van der Waals surface area contributed by atoms with E-state index in [2.05, 4.69) is 24.9 Å². The van der Waals surface area contributed by atoms with Crippen molar-refractivity contribution in [2.45, 2.75) is 57.9 Å². The summed E-state index contributed by atoms with van der Waals surface area (Å²) in [7, 11) is 0. The zero-order chi connectivity index (χ0) is 18.4. The minimum absolute atomic E-state index is 0.169. The molecule has 1 N–H and O–H groups in total. The van der Waals surface area contributed by atoms with Gasteiger partial charge in [0, 0.05) is 23.2 Å². The Balaban J connectivity index is 1.65. The smallest absolute Gasteiger partial charge is 0.259 e. The van der Waals surface area contributed by atoms with Crippen LogP contribution in [0.4, 0.5) is 0 Å². The number of nitrogens with zero attached hydrogens (tertiary/aromatic N) is 1. The number of hydrogen-bond donors (Lipinski definition) is 1. The summed E-state index contributed by atoms with van der Waals surface area (Å²) in [5.74, 6) is -0.144. The first-order valence-electron chi connectivity index (χ1n) is 9.52. The summed E-state index contributed by atoms with van der Waals surface area (Å²) in [5, 5.41) is 2.34. The van der Waals surface area contributed by atoms with Crippen LogP contribution in [-0.2, 0) is 22.4 Å². The highest BCUT2D eigenvalue weighted by Gasteiger charge is 2.42. The van der Waals surface area contributed by atoms with Gasteiger partial charge in [-0.05, 0) is 54.9 Å². The Morgan fingerprint density at radius 1 is 1.12 bits per heavy atom. The zero-order valence-corrected chi connectivity index (χ0v) is 15.1. The van der Waals surface area contributed by atoms with Crippen molar-refractivity contribution in [1.29, 1.82) is 0 Å². The molecule has 1 fully saturated rings. The fourth-order valence-corrected chi connectivity index (χ4v) is 4.60. The summed E-state index contributed by atoms with van der Waals surface area (Å²) in [6.07, 6.45) is 6.26. The number of benzene rings is 1. The molecule has 1 aromatic carbocycles. The Bertz CT molecular complexity index is 827. The van der Waals surface area contributed by atoms with Crippen molar-refractivity contribution < 1.29 is 14.4 Å². The highest BCUT2D eigenvalue weighted by Crippen LogP contribution is 2.39. The number of carbonyl (C=O) groups excluding carboxylic acids is 3. The van der Waals surface area contributed by atoms with E-state index in [4.69, 9.17) is 0 Å². The Hall–Kier alpha value is -2.43. The average molecular weight is 352 g/mol. The van der Waals surface area contributed by atoms with Crippen molar-refractivity contribution in [2.75, 3.05) is 0 Å². The summed E-state index contributed by atoms with van der Waals surface area (Å²) in [6.45, 7) is 6.32. The standard InChI is InChI=1S/C21H24N2O3/c1-3-4-13-5-6-14-10-17-16(11-15(14)9-13)12(2)23(21(17)26)18-7-8-19(24)22-20(18)25/h10-11,13,18H,2-9H2,1H3,(H,22,24,25). The SMILES string of the molecule is C=C1c2cc3c(cc2C(=O)N1C1CCC(=O)NC1=O)CCC(CCC)C3. The van der Waals surface area contributed by atoms with E-state index in [1.165, 1.54) is 35.3 Å². The highest BCUT2D eigenvalue weighted by atomic mass is 16.2. The molecular weight excluding hydrogens is 328 g/mol. The number of amides is 3. The van der Waals surface area contributed by atoms with Crippen molar-refractivity contribution in [2.24, 2.45) is 5.92 Å². The lowest BCUT2D eigenvalue weighted by Crippen LogP contribution is -2.52. The van der Waals surface area contributed by atoms with Crippen molar-refractivity contribution in [3.63, 3.8) is 0 Å². The van der Waals surface area contributed by atoms with E-state index in [0.717, 1.165) is 18.4 Å². The van der Waals surface area contributed by atoms with Gasteiger partial charge in [-0.15, -0.1) is 0 Å². The Labute approximate surface area is 153 Å². The van der Waals surface area contributed by atoms with E-state index in [1.54, 1.807) is 0 Å². The maximum atomic E-state index is 13.0. The third-order valence-corrected chi connectivity index (χ3v) is 5.94. The maximum absolute atomic E-state index is 13.0. The van der Waals surface area contributed by atoms with Crippen LogP contribution in [0, 0.1) is 5.92 Å². The van der Waals surface area contributed by atoms with E-state index in [9.17, 15) is 14.4 Å². The monoisotopic (exact) mass is 352 g/mol. The van der Waals surface area contributed by atoms with Gasteiger partial charge in [-0.3, -0.25) is 24.6 Å². The molecule has 4 rings (SSSR count). The number of fused-ring (bicyclic) bond motifs is 2. The minimum Gasteiger partial charge on any atom is -0.296 e. The predicted octanol–water partition coefficient (Wildman–Crippen LogP) is 2.82. The van der Waals surface area contributed by atoms with Crippen molar-refractivity contribution in [1.82, 2.24) is 10.2 Å². The van der Waals surface area contributed by atoms with E-state index in [1.807, 2.05) is 6.07 Å². The van der Waals surface area contributed by atoms with Gasteiger partial charge in [0.1, 0.15) is 6.04 Å². The molecule has 1 saturated heterocycles. The molecule has 1 aliphatic carbocycles. The molecule has 0 aromatic heterocycles. The van der Waals surface area contributed by atoms with Crippen LogP contribution < -0.4 is 5.32 Å². The first kappa shape index (κ1) is 17.0. The third kappa shape index (κ3) is 2.66. The number of carbonyl (C=O) groups is 3. The molecule has 3 aliphatic rings. The lowest BCUT2D eigenvalue weighted by molar-refractivity contribution is -0.136. The largest absolute Gasteiger partial charge is 0.296 e. The van der Waals surface area contributed by atoms with Gasteiger partial charge < -0.3 is 0 Å². The molecule has 0 radical (unpaired) electrons. The summed E-state index contributed by atoms with van der Waals surface area (Å²) in [5.41, 5.74) is 4.64. The van der Waals surface area contributed by atoms with Gasteiger partial charge in [0.15, 0.2) is 0 Å². The number of rotatable bonds is 3. The Kier molecular flexibility index (Phi) is 4.17. The number of nitrogens with one attached hydrogen (secondary N) is 1. The van der Waals surface area contributed by atoms with Gasteiger partial charge in [-0.1, -0.05) is 26.3 Å². The van der Waals surface area contributed by atoms with Gasteiger partial charge in [-0.2, -0.15) is 0 Å². The third-order valence-electron chi connectivity index (χ3n) is 5.94. The molecular formula is C21H24N2O3. The van der Waals surface area contributed by atoms with Gasteiger partial charge in [0.25, 0.3) is 5.91 Å². The molecule has 5 nitrogen and oxygen atoms in total. The first-order chi connectivity index (χ1) is 12.5. The lowest BCUT2D eigenvalue weighted by atomic mass is 9.80. The van der Waals surface area contributed by atoms with Gasteiger partial charge in [0.05, 0.1) is 0 Å². The number of piperidine rings is 1. The summed E-state index contributed by atoms with van der Waals surface area (Å²) in [6, 6.07) is 3.47. The first-order valence-corrected chi connectivity index (χ1v) is 9.52. The van der Waals surface area contributed by atoms with E-state index < -0.39 is 11.9 Å². The Morgan fingerprint density at radius 2 is 1.88 bits per heavy atom. The van der Waals surface area contributed by atoms with Crippen molar-refractivity contribution in [3.8, 4) is 0 Å². The second kappa shape index (κ2) is 6.38. The molecule has 2 unspecified atom stereocenters. The number of imide groups is 1. The van der Waals surface area contributed by atoms with E-state index >= 15 is 0 Å². The molecule has 26 heavy (non-hydrogen) atoms. The van der Waals surface area contributed by atoms with Crippen LogP contribution in [0.2, 0.25) is 0 Å². The molecule has 2 atom stereocenters. The van der Waals surface area contributed by atoms with Crippen LogP contribution in [0.1, 0.15) is 66.1 Å². The molecule has 136 valence electrons. The molecule has 2 heterocycles. The number of aryl methyl sites for hydroxylation is 1. The van der Waals surface area contributed by atoms with Crippen LogP contribution >= 0.6 is 0 Å². The van der Waals surface area contributed by atoms with Crippen molar-refractivity contribution in [3.05, 3.63) is 41.0 Å². The molecule has 3 amide bonds. The maximum Gasteiger partial charge on any atom is 0.259 e. The quantitative estimate of drug-likeness (QED) is 0.851. The lowest BCUT2D eigenvalue weighted by Gasteiger charge is -2.30. The molecule has 0 spiro atoms. The van der Waals surface area contributed by atoms with Gasteiger partial charge in [-0.25, -0.2) is 0 Å². The Morgan fingerprint density at radius 3 is 2.62 bits per heavy atom. The second-order valence-corrected chi connectivity index (χ2v) is 7.65. The summed E-state index contributed by atoms with van der Waals surface area (Å²) < 4.78 is 0. The average Bonchev–Trinajstić information content (AvgIpc) is 2.84. The molecule has 0 saturated carbocycles. The van der Waals surface area contributed by atoms with Crippen LogP contribution in [0.15, 0.2) is 18.7 Å². The second-order valence-electron chi connectivity index (χ2n) is 7.65. The fourth-order valence-electron chi connectivity index (χ4n) is 4.60. The van der Waals surface area contributed by atoms with Crippen molar-refractivity contribution >= 4 is 23.4 Å². The highest BCUT2D eigenvalue weighted by molar-refractivity contribution is 6.12. The van der Waals surface area contributed by atoms with Crippen LogP contribution in [-0.4, -0.2) is 28.7 Å². The minimum atomic E-state index is -0.648. The molecule has 1 aromatic rings. The summed E-state index contributed by atoms with van der Waals surface area (Å²) >= 11 is 0. The molecule has 5 heteroatoms. The topological polar surface area (TPSA) is 66.5 Å².